The molecular formula is C89H89O15S7-. The van der Waals surface area contributed by atoms with Gasteiger partial charge in [0.25, 0.3) is 0 Å². The molecule has 0 saturated carbocycles. The lowest BCUT2D eigenvalue weighted by molar-refractivity contribution is -0.0531. The van der Waals surface area contributed by atoms with E-state index < -0.39 is 30.7 Å². The van der Waals surface area contributed by atoms with Gasteiger partial charge in [-0.25, -0.2) is 0 Å². The van der Waals surface area contributed by atoms with Crippen LogP contribution in [0, 0.1) is 6.92 Å². The summed E-state index contributed by atoms with van der Waals surface area (Å²) in [5, 5.41) is 0. The molecule has 0 bridgehead atoms. The van der Waals surface area contributed by atoms with Crippen LogP contribution in [0.1, 0.15) is 153 Å². The summed E-state index contributed by atoms with van der Waals surface area (Å²) in [6.07, 6.45) is 5.36. The molecule has 2 fully saturated rings. The molecule has 111 heavy (non-hydrogen) atoms. The first-order valence-corrected chi connectivity index (χ1v) is 45.7. The number of aryl methyl sites for hydroxylation is 1. The summed E-state index contributed by atoms with van der Waals surface area (Å²) in [5.74, 6) is 6.68. The van der Waals surface area contributed by atoms with Crippen LogP contribution in [0.4, 0.5) is 0 Å². The third-order valence-electron chi connectivity index (χ3n) is 23.0. The number of fused-ring (bicyclic) bond motifs is 6. The quantitative estimate of drug-likeness (QED) is 0.0605. The summed E-state index contributed by atoms with van der Waals surface area (Å²) in [7, 11) is -6.05. The average molecular weight is 1620 g/mol. The van der Waals surface area contributed by atoms with Crippen LogP contribution >= 0.6 is 68.9 Å². The average Bonchev–Trinajstić information content (AvgIpc) is 1.53. The van der Waals surface area contributed by atoms with Gasteiger partial charge in [0, 0.05) is 11.1 Å². The summed E-state index contributed by atoms with van der Waals surface area (Å²) in [6.45, 7) is 12.2. The van der Waals surface area contributed by atoms with Crippen LogP contribution in [-0.4, -0.2) is 111 Å². The van der Waals surface area contributed by atoms with Gasteiger partial charge in [-0.15, -0.1) is 57.1 Å². The third-order valence-corrected chi connectivity index (χ3v) is 34.5. The number of ether oxygens (including phenoxy) is 12. The normalized spacial score (nSPS) is 22.4. The van der Waals surface area contributed by atoms with Crippen molar-refractivity contribution in [2.75, 3.05) is 85.5 Å². The van der Waals surface area contributed by atoms with E-state index >= 15 is 8.76 Å². The molecule has 4 aromatic heterocycles. The Hall–Kier alpha value is -7.71. The smallest absolute Gasteiger partial charge is 0.181 e. The van der Waals surface area contributed by atoms with E-state index in [0.29, 0.717) is 117 Å². The minimum Gasteiger partial charge on any atom is -0.768 e. The molecule has 9 unspecified atom stereocenters. The van der Waals surface area contributed by atoms with Crippen LogP contribution < -0.4 is 37.9 Å². The highest BCUT2D eigenvalue weighted by molar-refractivity contribution is 8.26. The highest BCUT2D eigenvalue weighted by Gasteiger charge is 2.65. The molecule has 578 valence electrons. The Morgan fingerprint density at radius 1 is 0.405 bits per heavy atom. The van der Waals surface area contributed by atoms with E-state index in [4.69, 9.17) is 56.8 Å². The van der Waals surface area contributed by atoms with Crippen LogP contribution in [0.3, 0.4) is 0 Å². The lowest BCUT2D eigenvalue weighted by Crippen LogP contribution is -2.57. The zero-order valence-corrected chi connectivity index (χ0v) is 68.3. The zero-order valence-electron chi connectivity index (χ0n) is 62.6. The highest BCUT2D eigenvalue weighted by atomic mass is 32.3. The summed E-state index contributed by atoms with van der Waals surface area (Å²) < 4.78 is 119. The van der Waals surface area contributed by atoms with E-state index in [1.807, 2.05) is 6.92 Å². The summed E-state index contributed by atoms with van der Waals surface area (Å²) >= 11 is 8.22. The number of hydrogen-bond donors (Lipinski definition) is 1. The predicted molar refractivity (Wildman–Crippen MR) is 445 cm³/mol. The molecule has 0 radical (unpaired) electrons. The minimum atomic E-state index is -6.05. The fourth-order valence-electron chi connectivity index (χ4n) is 17.6. The second-order valence-electron chi connectivity index (χ2n) is 30.1. The number of hydrogen-bond acceptors (Lipinski definition) is 20. The van der Waals surface area contributed by atoms with Gasteiger partial charge in [0.1, 0.15) is 89.8 Å². The molecule has 10 aromatic rings. The van der Waals surface area contributed by atoms with Gasteiger partial charge in [-0.2, -0.15) is 0 Å². The fraction of sp³-hybridized carbons (Fsp3) is 0.371. The van der Waals surface area contributed by atoms with Crippen molar-refractivity contribution < 1.29 is 70.2 Å². The van der Waals surface area contributed by atoms with Gasteiger partial charge in [-0.3, -0.25) is 4.21 Å². The Morgan fingerprint density at radius 2 is 0.748 bits per heavy atom. The Labute approximate surface area is 673 Å². The molecule has 18 rings (SSSR count). The number of benzene rings is 6. The van der Waals surface area contributed by atoms with E-state index in [9.17, 15) is 4.55 Å². The van der Waals surface area contributed by atoms with Gasteiger partial charge in [0.05, 0.1) is 61.9 Å². The van der Waals surface area contributed by atoms with E-state index in [-0.39, 0.29) is 73.8 Å². The lowest BCUT2D eigenvalue weighted by atomic mass is 9.72. The molecule has 8 aliphatic rings. The van der Waals surface area contributed by atoms with Crippen molar-refractivity contribution >= 4 is 88.3 Å². The topological polar surface area (TPSA) is 171 Å². The van der Waals surface area contributed by atoms with Crippen molar-refractivity contribution in [1.82, 2.24) is 0 Å². The Kier molecular flexibility index (Phi) is 20.8. The standard InChI is InChI=1S/C89H90O15S7/c1-6-55(57-22-12-7-13-23-57)49-63(59-26-16-9-17-27-59)51-65(61-30-20-11-21-31-61)52-64(60-28-18-10-19-29-60)50-62(58-24-14-8-15-25-58)48-53(2)56-32-34-66(35-33-56)88(4)85-75(101-44-46-103-85)83(109-88)82-72-71(97-40-41-98-72)78(107-82)77-69-70(96-39-38-95-69)79(106-77)80-73-74(100-43-42-99-73)87(108-80)89(111(5,90,91)92)86-76(102-45-47-104-86)84(110-89)81-68-67(54(3)105-81)93-36-37-94-68/h7-35,53,55,62-65,85-86H,6,36-52H2,1-5H3,(H2,90,91,92)/p-1/t53?,55?,62?,63?,64?,65?,85?,86?,88?,89-/m1/s1. The van der Waals surface area contributed by atoms with E-state index in [2.05, 4.69) is 197 Å². The molecule has 12 heterocycles. The zero-order chi connectivity index (χ0) is 75.6. The summed E-state index contributed by atoms with van der Waals surface area (Å²) in [5.41, 5.74) is 9.41. The molecule has 0 aliphatic carbocycles. The van der Waals surface area contributed by atoms with Crippen LogP contribution in [0.15, 0.2) is 187 Å². The maximum atomic E-state index is 15.3. The van der Waals surface area contributed by atoms with Crippen molar-refractivity contribution in [3.8, 4) is 65.5 Å². The summed E-state index contributed by atoms with van der Waals surface area (Å²) in [6, 6.07) is 65.7. The third kappa shape index (κ3) is 13.9. The maximum absolute atomic E-state index is 15.3. The molecular weight excluding hydrogens is 1530 g/mol. The van der Waals surface area contributed by atoms with Crippen molar-refractivity contribution in [3.63, 3.8) is 0 Å². The monoisotopic (exact) mass is 1620 g/mol. The highest BCUT2D eigenvalue weighted by Crippen LogP contribution is 2.74. The largest absolute Gasteiger partial charge is 0.768 e. The van der Waals surface area contributed by atoms with Crippen molar-refractivity contribution in [2.24, 2.45) is 0 Å². The maximum Gasteiger partial charge on any atom is 0.181 e. The molecule has 6 aromatic carbocycles. The van der Waals surface area contributed by atoms with Gasteiger partial charge >= 0.3 is 0 Å². The molecule has 1 N–H and O–H groups in total. The van der Waals surface area contributed by atoms with Crippen LogP contribution in [-0.2, 0) is 37.4 Å². The van der Waals surface area contributed by atoms with Crippen molar-refractivity contribution in [2.45, 2.75) is 123 Å². The number of thiophene rings is 4. The molecule has 8 aliphatic heterocycles. The molecule has 10 atom stereocenters. The fourth-order valence-corrected chi connectivity index (χ4v) is 28.6. The van der Waals surface area contributed by atoms with Crippen LogP contribution in [0.25, 0.3) is 29.3 Å². The number of rotatable bonds is 24. The van der Waals surface area contributed by atoms with Crippen molar-refractivity contribution in [1.29, 1.82) is 0 Å². The Morgan fingerprint density at radius 3 is 1.21 bits per heavy atom. The predicted octanol–water partition coefficient (Wildman–Crippen LogP) is 21.5. The number of thioether (sulfide) groups is 2. The summed E-state index contributed by atoms with van der Waals surface area (Å²) in [4.78, 5) is 6.56. The van der Waals surface area contributed by atoms with Gasteiger partial charge in [-0.1, -0.05) is 202 Å². The first kappa shape index (κ1) is 74.7. The first-order chi connectivity index (χ1) is 54.1. The van der Waals surface area contributed by atoms with Gasteiger partial charge in [0.2, 0.25) is 0 Å². The number of sulfone groups is 1. The molecule has 22 heteroatoms. The SMILES string of the molecule is CCC(CC(CC(CC(CC(CC(C)c1ccc(C2(C)SC(c3sc(-c4sc(-c5sc([C@@]6(S(C)(=O)([O-])O)SC(c7sc(C)c8c7OCCO8)=C7OCCOC76)c6c5OCCO6)c5c4OCCO5)c4c3OCCO4)=C3OCCOC32)cc1)c1ccccc1)c1ccccc1)c1ccccc1)c1ccccc1)c1ccccc1. The van der Waals surface area contributed by atoms with Gasteiger partial charge in [-0.05, 0) is 136 Å². The lowest BCUT2D eigenvalue weighted by Gasteiger charge is -2.55. The minimum absolute atomic E-state index is 0.0684. The molecule has 0 amide bonds. The van der Waals surface area contributed by atoms with E-state index in [1.54, 1.807) is 23.1 Å². The Balaban J connectivity index is 0.647. The van der Waals surface area contributed by atoms with Gasteiger partial charge < -0.3 is 65.9 Å². The Bertz CT molecular complexity index is 5160. The molecule has 15 nitrogen and oxygen atoms in total. The first-order valence-electron chi connectivity index (χ1n) is 38.6. The van der Waals surface area contributed by atoms with Crippen molar-refractivity contribution in [3.05, 3.63) is 246 Å². The second kappa shape index (κ2) is 30.9. The van der Waals surface area contributed by atoms with E-state index in [1.165, 1.54) is 56.1 Å². The van der Waals surface area contributed by atoms with Crippen LogP contribution in [0.5, 0.6) is 46.0 Å². The van der Waals surface area contributed by atoms with Crippen LogP contribution in [0.2, 0.25) is 0 Å². The second-order valence-corrected chi connectivity index (χ2v) is 40.4. The van der Waals surface area contributed by atoms with E-state index in [0.717, 1.165) is 104 Å². The van der Waals surface area contributed by atoms with Gasteiger partial charge in [0.15, 0.2) is 50.1 Å². The molecule has 0 spiro atoms. The molecule has 2 saturated heterocycles.